The number of thiol groups is 1. The fourth-order valence-electron chi connectivity index (χ4n) is 6.52. The van der Waals surface area contributed by atoms with Crippen molar-refractivity contribution >= 4 is 77.6 Å². The summed E-state index contributed by atoms with van der Waals surface area (Å²) in [4.78, 5) is 113. The molecule has 2 aromatic rings. The Morgan fingerprint density at radius 1 is 0.812 bits per heavy atom. The Hall–Kier alpha value is -6.09. The van der Waals surface area contributed by atoms with E-state index in [0.717, 1.165) is 0 Å². The van der Waals surface area contributed by atoms with E-state index in [1.54, 1.807) is 60.7 Å². The zero-order valence-corrected chi connectivity index (χ0v) is 37.7. The van der Waals surface area contributed by atoms with Gasteiger partial charge in [-0.05, 0) is 48.8 Å². The fraction of sp³-hybridized carbons (Fsp3) is 0.465. The van der Waals surface area contributed by atoms with Crippen LogP contribution in [0.5, 0.6) is 0 Å². The van der Waals surface area contributed by atoms with E-state index in [2.05, 4.69) is 49.5 Å². The third kappa shape index (κ3) is 19.5. The molecule has 64 heavy (non-hydrogen) atoms. The second kappa shape index (κ2) is 28.6. The Kier molecular flexibility index (Phi) is 23.3. The molecule has 0 aromatic heterocycles. The predicted molar refractivity (Wildman–Crippen MR) is 248 cm³/mol. The smallest absolute Gasteiger partial charge is 0.245 e. The quantitative estimate of drug-likeness (QED) is 0.0279. The van der Waals surface area contributed by atoms with Gasteiger partial charge in [0.1, 0.15) is 30.2 Å². The number of rotatable bonds is 18. The number of aliphatic imine (C=N–C) groups is 1. The minimum atomic E-state index is -1.28. The number of primary amides is 1. The molecule has 1 heterocycles. The molecule has 348 valence electrons. The highest BCUT2D eigenvalue weighted by atomic mass is 32.2. The summed E-state index contributed by atoms with van der Waals surface area (Å²) >= 11 is 5.71. The van der Waals surface area contributed by atoms with Crippen molar-refractivity contribution in [3.8, 4) is 0 Å². The average Bonchev–Trinajstić information content (AvgIpc) is 3.27. The van der Waals surface area contributed by atoms with Crippen LogP contribution in [0.1, 0.15) is 49.7 Å². The number of carbonyl (C=O) groups excluding carboxylic acids is 8. The number of hydrogen-bond donors (Lipinski definition) is 10. The lowest BCUT2D eigenvalue weighted by molar-refractivity contribution is -0.140. The van der Waals surface area contributed by atoms with E-state index >= 15 is 0 Å². The highest BCUT2D eigenvalue weighted by molar-refractivity contribution is 7.98. The number of carbonyl (C=O) groups is 8. The van der Waals surface area contributed by atoms with Crippen LogP contribution < -0.4 is 49.1 Å². The van der Waals surface area contributed by atoms with E-state index in [-0.39, 0.29) is 82.2 Å². The molecule has 12 N–H and O–H groups in total. The van der Waals surface area contributed by atoms with E-state index in [4.69, 9.17) is 17.2 Å². The van der Waals surface area contributed by atoms with Crippen LogP contribution in [0.15, 0.2) is 77.8 Å². The molecule has 0 bridgehead atoms. The molecule has 0 saturated carbocycles. The molecule has 0 spiro atoms. The van der Waals surface area contributed by atoms with Gasteiger partial charge < -0.3 is 54.0 Å². The van der Waals surface area contributed by atoms with Crippen molar-refractivity contribution in [3.63, 3.8) is 0 Å². The number of benzene rings is 2. The van der Waals surface area contributed by atoms with Gasteiger partial charge in [0, 0.05) is 51.1 Å². The van der Waals surface area contributed by atoms with Crippen LogP contribution in [0, 0.1) is 0 Å². The molecule has 3 rings (SSSR count). The zero-order valence-electron chi connectivity index (χ0n) is 36.0. The van der Waals surface area contributed by atoms with Gasteiger partial charge >= 0.3 is 0 Å². The van der Waals surface area contributed by atoms with Crippen molar-refractivity contribution < 1.29 is 38.4 Å². The molecule has 0 saturated heterocycles. The van der Waals surface area contributed by atoms with Crippen molar-refractivity contribution in [1.29, 1.82) is 0 Å². The normalized spacial score (nSPS) is 19.6. The minimum Gasteiger partial charge on any atom is -0.370 e. The van der Waals surface area contributed by atoms with Crippen molar-refractivity contribution in [2.75, 3.05) is 43.9 Å². The lowest BCUT2D eigenvalue weighted by Gasteiger charge is -2.30. The Labute approximate surface area is 383 Å². The average molecular weight is 924 g/mol. The summed E-state index contributed by atoms with van der Waals surface area (Å²) < 4.78 is 0. The maximum atomic E-state index is 14.7. The number of thioether (sulfide) groups is 1. The summed E-state index contributed by atoms with van der Waals surface area (Å²) in [6, 6.07) is 11.9. The molecular weight excluding hydrogens is 863 g/mol. The van der Waals surface area contributed by atoms with E-state index in [0.29, 0.717) is 23.3 Å². The number of nitrogens with zero attached hydrogens (tertiary/aromatic N) is 2. The lowest BCUT2D eigenvalue weighted by Crippen LogP contribution is -2.59. The number of nitrogens with two attached hydrogens (primary N) is 3. The molecule has 0 unspecified atom stereocenters. The van der Waals surface area contributed by atoms with Gasteiger partial charge in [0.25, 0.3) is 0 Å². The van der Waals surface area contributed by atoms with Crippen molar-refractivity contribution in [2.24, 2.45) is 22.2 Å². The van der Waals surface area contributed by atoms with Crippen molar-refractivity contribution in [1.82, 2.24) is 36.8 Å². The molecule has 0 radical (unpaired) electrons. The maximum absolute atomic E-state index is 14.7. The fourth-order valence-corrected chi connectivity index (χ4v) is 7.25. The molecule has 1 aliphatic rings. The molecule has 0 aliphatic carbocycles. The number of guanidine groups is 1. The molecule has 5 atom stereocenters. The third-order valence-electron chi connectivity index (χ3n) is 9.86. The first-order valence-electron chi connectivity index (χ1n) is 20.9. The van der Waals surface area contributed by atoms with Gasteiger partial charge in [0.05, 0.1) is 6.54 Å². The van der Waals surface area contributed by atoms with Crippen LogP contribution in [0.3, 0.4) is 0 Å². The van der Waals surface area contributed by atoms with E-state index in [1.807, 2.05) is 6.26 Å². The van der Waals surface area contributed by atoms with Gasteiger partial charge in [-0.2, -0.15) is 24.4 Å². The minimum absolute atomic E-state index is 0.00889. The number of amides is 8. The Bertz CT molecular complexity index is 1940. The van der Waals surface area contributed by atoms with Gasteiger partial charge in [0.2, 0.25) is 47.3 Å². The number of hydrogen-bond acceptors (Lipinski definition) is 11. The summed E-state index contributed by atoms with van der Waals surface area (Å²) in [5, 5.41) is 16.2. The second-order valence-corrected chi connectivity index (χ2v) is 16.3. The Balaban J connectivity index is 2.02. The van der Waals surface area contributed by atoms with Gasteiger partial charge in [-0.15, -0.1) is 0 Å². The molecule has 21 heteroatoms. The summed E-state index contributed by atoms with van der Waals surface area (Å²) in [7, 11) is 0. The summed E-state index contributed by atoms with van der Waals surface area (Å²) in [6.45, 7) is -0.358. The van der Waals surface area contributed by atoms with Gasteiger partial charge in [-0.1, -0.05) is 72.8 Å². The Morgan fingerprint density at radius 2 is 1.41 bits per heavy atom. The van der Waals surface area contributed by atoms with Crippen LogP contribution in [0.4, 0.5) is 0 Å². The monoisotopic (exact) mass is 923 g/mol. The molecule has 0 fully saturated rings. The highest BCUT2D eigenvalue weighted by Gasteiger charge is 2.33. The van der Waals surface area contributed by atoms with Crippen molar-refractivity contribution in [2.45, 2.75) is 81.6 Å². The molecule has 1 aliphatic heterocycles. The first kappa shape index (κ1) is 52.3. The number of nitrogens with one attached hydrogen (secondary N) is 6. The largest absolute Gasteiger partial charge is 0.370 e. The van der Waals surface area contributed by atoms with E-state index in [9.17, 15) is 38.4 Å². The van der Waals surface area contributed by atoms with Crippen molar-refractivity contribution in [3.05, 3.63) is 83.9 Å². The van der Waals surface area contributed by atoms with Crippen LogP contribution >= 0.6 is 24.4 Å². The molecule has 2 aromatic carbocycles. The third-order valence-corrected chi connectivity index (χ3v) is 10.9. The first-order chi connectivity index (χ1) is 30.7. The SMILES string of the molecule is CSCC[C@H](NC(=O)[C@H](CS)NC(=O)CN1CCCNC(=O)C/C=C/CC(=O)N[C@@H](CCCN=C(N)N)C(=O)N[C@@H](Cc2ccccc2)C(=O)N[C@@H](Cc2ccccc2)C1=O)C(N)=O. The summed E-state index contributed by atoms with van der Waals surface area (Å²) in [5.74, 6) is -4.85. The highest BCUT2D eigenvalue weighted by Crippen LogP contribution is 2.11. The van der Waals surface area contributed by atoms with E-state index < -0.39 is 78.1 Å². The van der Waals surface area contributed by atoms with Gasteiger partial charge in [0.15, 0.2) is 5.96 Å². The predicted octanol–water partition coefficient (Wildman–Crippen LogP) is -1.20. The van der Waals surface area contributed by atoms with Crippen LogP contribution in [-0.4, -0.2) is 132 Å². The maximum Gasteiger partial charge on any atom is 0.245 e. The van der Waals surface area contributed by atoms with E-state index in [1.165, 1.54) is 28.8 Å². The van der Waals surface area contributed by atoms with Crippen LogP contribution in [0.2, 0.25) is 0 Å². The zero-order chi connectivity index (χ0) is 46.9. The van der Waals surface area contributed by atoms with Crippen LogP contribution in [-0.2, 0) is 51.2 Å². The van der Waals surface area contributed by atoms with Gasteiger partial charge in [-0.3, -0.25) is 43.3 Å². The molecule has 19 nitrogen and oxygen atoms in total. The summed E-state index contributed by atoms with van der Waals surface area (Å²) in [6.07, 6.45) is 5.49. The first-order valence-corrected chi connectivity index (χ1v) is 23.0. The lowest BCUT2D eigenvalue weighted by atomic mass is 10.0. The standard InChI is InChI=1S/C43H61N11O8S2/c1-64-23-19-30(38(44)58)51-41(61)34(27-63)50-37(57)26-54-22-11-21-47-35(55)17-8-9-18-36(56)49-31(16-10-20-48-43(45)46)39(59)52-32(24-28-12-4-2-5-13-28)40(60)53-33(42(54)62)25-29-14-6-3-7-15-29/h2-9,12-15,30-34,63H,10-11,16-27H2,1H3,(H2,44,58)(H,47,55)(H,49,56)(H,50,57)(H,51,61)(H,52,59)(H,53,60)(H4,45,46,48)/b9-8+/t30-,31-,32-,33-,34-/m0/s1. The Morgan fingerprint density at radius 3 is 2.00 bits per heavy atom. The summed E-state index contributed by atoms with van der Waals surface area (Å²) in [5.41, 5.74) is 17.8. The van der Waals surface area contributed by atoms with Gasteiger partial charge in [-0.25, -0.2) is 0 Å². The molecule has 8 amide bonds. The van der Waals surface area contributed by atoms with Crippen LogP contribution in [0.25, 0.3) is 0 Å². The molecular formula is C43H61N11O8S2. The topological polar surface area (TPSA) is 302 Å². The second-order valence-electron chi connectivity index (χ2n) is 15.0.